The van der Waals surface area contributed by atoms with E-state index >= 15 is 0 Å². The monoisotopic (exact) mass is 793 g/mol. The van der Waals surface area contributed by atoms with Gasteiger partial charge in [0, 0.05) is 30.1 Å². The van der Waals surface area contributed by atoms with Crippen molar-refractivity contribution in [2.75, 3.05) is 11.9 Å². The number of fused-ring (bicyclic) bond motifs is 1. The van der Waals surface area contributed by atoms with Crippen LogP contribution in [0.25, 0.3) is 0 Å². The summed E-state index contributed by atoms with van der Waals surface area (Å²) in [6, 6.07) is 7.26. The maximum absolute atomic E-state index is 14.5. The molecule has 2 aliphatic heterocycles. The van der Waals surface area contributed by atoms with E-state index in [0.717, 1.165) is 23.3 Å². The minimum atomic E-state index is -4.63. The molecule has 54 heavy (non-hydrogen) atoms. The zero-order valence-corrected chi connectivity index (χ0v) is 31.8. The molecule has 17 heteroatoms. The molecule has 0 bridgehead atoms. The summed E-state index contributed by atoms with van der Waals surface area (Å²) in [5.74, 6) is -2.35. The Kier molecular flexibility index (Phi) is 10.5. The number of benzene rings is 2. The molecule has 0 radical (unpaired) electrons. The molecule has 4 aliphatic rings. The predicted molar refractivity (Wildman–Crippen MR) is 193 cm³/mol. The van der Waals surface area contributed by atoms with Gasteiger partial charge in [-0.2, -0.15) is 13.2 Å². The van der Waals surface area contributed by atoms with E-state index in [1.165, 1.54) is 21.9 Å². The number of amides is 4. The largest absolute Gasteiger partial charge is 0.444 e. The number of allylic oxidation sites excluding steroid dienone is 1. The van der Waals surface area contributed by atoms with Gasteiger partial charge in [0.05, 0.1) is 23.9 Å². The van der Waals surface area contributed by atoms with Gasteiger partial charge in [-0.1, -0.05) is 63.6 Å². The molecule has 2 aliphatic carbocycles. The molecule has 4 atom stereocenters. The number of nitrogens with one attached hydrogen (secondary N) is 3. The zero-order chi connectivity index (χ0) is 39.4. The van der Waals surface area contributed by atoms with Crippen LogP contribution in [0.15, 0.2) is 54.1 Å². The summed E-state index contributed by atoms with van der Waals surface area (Å²) < 4.78 is 74.2. The summed E-state index contributed by atoms with van der Waals surface area (Å²) in [4.78, 5) is 58.5. The Morgan fingerprint density at radius 1 is 1.07 bits per heavy atom. The zero-order valence-electron chi connectivity index (χ0n) is 30.3. The van der Waals surface area contributed by atoms with Crippen molar-refractivity contribution < 1.29 is 45.5 Å². The van der Waals surface area contributed by atoms with Crippen LogP contribution >= 0.6 is 11.6 Å². The molecule has 1 saturated heterocycles. The van der Waals surface area contributed by atoms with Gasteiger partial charge in [0.2, 0.25) is 21.8 Å². The van der Waals surface area contributed by atoms with Gasteiger partial charge in [-0.15, -0.1) is 0 Å². The second kappa shape index (κ2) is 14.4. The van der Waals surface area contributed by atoms with Gasteiger partial charge in [-0.25, -0.2) is 13.2 Å². The van der Waals surface area contributed by atoms with Crippen LogP contribution in [0.1, 0.15) is 76.5 Å². The lowest BCUT2D eigenvalue weighted by molar-refractivity contribution is -0.141. The Hall–Kier alpha value is -4.31. The summed E-state index contributed by atoms with van der Waals surface area (Å²) in [5, 5.41) is 5.46. The van der Waals surface area contributed by atoms with Crippen LogP contribution in [0, 0.1) is 5.41 Å². The van der Waals surface area contributed by atoms with Gasteiger partial charge >= 0.3 is 12.3 Å². The Morgan fingerprint density at radius 2 is 1.78 bits per heavy atom. The third kappa shape index (κ3) is 8.19. The Bertz CT molecular complexity index is 2000. The van der Waals surface area contributed by atoms with Crippen LogP contribution in [0.3, 0.4) is 0 Å². The molecule has 2 saturated carbocycles. The number of rotatable bonds is 10. The number of carbonyl (C=O) groups excluding carboxylic acids is 4. The summed E-state index contributed by atoms with van der Waals surface area (Å²) >= 11 is 6.34. The van der Waals surface area contributed by atoms with Crippen LogP contribution in [0.5, 0.6) is 0 Å². The van der Waals surface area contributed by atoms with E-state index in [9.17, 15) is 40.8 Å². The molecule has 6 rings (SSSR count). The number of anilines is 1. The molecular formula is C37H43ClF3N5O7S. The van der Waals surface area contributed by atoms with Crippen LogP contribution in [-0.2, 0) is 48.4 Å². The lowest BCUT2D eigenvalue weighted by Crippen LogP contribution is -2.58. The highest BCUT2D eigenvalue weighted by Crippen LogP contribution is 2.45. The molecule has 2 aromatic rings. The topological polar surface area (TPSA) is 154 Å². The van der Waals surface area contributed by atoms with Gasteiger partial charge in [0.25, 0.3) is 5.91 Å². The highest BCUT2D eigenvalue weighted by molar-refractivity contribution is 7.91. The summed E-state index contributed by atoms with van der Waals surface area (Å²) in [7, 11) is -3.96. The van der Waals surface area contributed by atoms with Crippen LogP contribution in [-0.4, -0.2) is 77.6 Å². The van der Waals surface area contributed by atoms with E-state index in [4.69, 9.17) is 16.3 Å². The molecule has 2 aromatic carbocycles. The fourth-order valence-corrected chi connectivity index (χ4v) is 8.59. The van der Waals surface area contributed by atoms with Crippen molar-refractivity contribution >= 4 is 51.1 Å². The third-order valence-corrected chi connectivity index (χ3v) is 12.3. The first kappa shape index (κ1) is 39.4. The molecule has 4 amide bonds. The first-order valence-corrected chi connectivity index (χ1v) is 19.7. The van der Waals surface area contributed by atoms with Gasteiger partial charge in [0.15, 0.2) is 0 Å². The number of halogens is 4. The van der Waals surface area contributed by atoms with E-state index in [2.05, 4.69) is 15.4 Å². The quantitative estimate of drug-likeness (QED) is 0.266. The van der Waals surface area contributed by atoms with Crippen molar-refractivity contribution in [1.29, 1.82) is 0 Å². The molecule has 3 fully saturated rings. The van der Waals surface area contributed by atoms with Gasteiger partial charge in [-0.05, 0) is 65.6 Å². The minimum Gasteiger partial charge on any atom is -0.444 e. The number of hydrogen-bond acceptors (Lipinski definition) is 8. The molecule has 2 heterocycles. The highest BCUT2D eigenvalue weighted by Gasteiger charge is 2.59. The van der Waals surface area contributed by atoms with Crippen molar-refractivity contribution in [3.8, 4) is 0 Å². The van der Waals surface area contributed by atoms with Gasteiger partial charge < -0.3 is 20.3 Å². The van der Waals surface area contributed by atoms with E-state index in [0.29, 0.717) is 29.9 Å². The number of alkyl halides is 3. The summed E-state index contributed by atoms with van der Waals surface area (Å²) in [6.45, 7) is 7.13. The fraction of sp³-hybridized carbons (Fsp3) is 0.514. The van der Waals surface area contributed by atoms with Crippen LogP contribution < -0.4 is 15.4 Å². The fourth-order valence-electron chi connectivity index (χ4n) is 6.98. The Labute approximate surface area is 316 Å². The second-order valence-electron chi connectivity index (χ2n) is 15.4. The average Bonchev–Trinajstić information content (AvgIpc) is 3.97. The average molecular weight is 794 g/mol. The third-order valence-electron chi connectivity index (χ3n) is 10.2. The van der Waals surface area contributed by atoms with Gasteiger partial charge in [0.1, 0.15) is 23.7 Å². The van der Waals surface area contributed by atoms with E-state index in [-0.39, 0.29) is 38.2 Å². The lowest BCUT2D eigenvalue weighted by atomic mass is 9.85. The van der Waals surface area contributed by atoms with Crippen LogP contribution in [0.4, 0.5) is 23.7 Å². The van der Waals surface area contributed by atoms with Gasteiger partial charge in [-0.3, -0.25) is 24.0 Å². The summed E-state index contributed by atoms with van der Waals surface area (Å²) in [6.07, 6.45) is -3.39. The molecular weight excluding hydrogens is 751 g/mol. The molecule has 0 unspecified atom stereocenters. The highest BCUT2D eigenvalue weighted by atomic mass is 35.5. The smallest absolute Gasteiger partial charge is 0.416 e. The Balaban J connectivity index is 1.27. The first-order valence-electron chi connectivity index (χ1n) is 17.8. The number of hydrogen-bond donors (Lipinski definition) is 3. The first-order chi connectivity index (χ1) is 25.2. The normalized spacial score (nSPS) is 23.8. The Morgan fingerprint density at radius 3 is 2.41 bits per heavy atom. The van der Waals surface area contributed by atoms with Crippen LogP contribution in [0.2, 0.25) is 5.02 Å². The SMILES string of the molecule is CC/C=C1/C[C@]1(NC(=O)[C@@H]1C[C@@H](OC(=O)N2Cc3cccc(Cl)c3C2)CN1C(=O)[C@@H](Nc1cccc(C(F)(F)F)c1)C(C)(C)C)C(=O)NS(=O)(=O)C1CC1. The summed E-state index contributed by atoms with van der Waals surface area (Å²) in [5.41, 5.74) is -1.35. The molecule has 292 valence electrons. The lowest BCUT2D eigenvalue weighted by Gasteiger charge is -2.36. The van der Waals surface area contributed by atoms with E-state index < -0.39 is 80.0 Å². The predicted octanol–water partition coefficient (Wildman–Crippen LogP) is 5.51. The number of carbonyl (C=O) groups is 4. The van der Waals surface area contributed by atoms with Crippen molar-refractivity contribution in [3.05, 3.63) is 75.8 Å². The second-order valence-corrected chi connectivity index (χ2v) is 17.8. The number of likely N-dealkylation sites (tertiary alicyclic amines) is 1. The number of ether oxygens (including phenoxy) is 1. The van der Waals surface area contributed by atoms with Crippen molar-refractivity contribution in [2.24, 2.45) is 5.41 Å². The molecule has 12 nitrogen and oxygen atoms in total. The minimum absolute atomic E-state index is 0.0216. The van der Waals surface area contributed by atoms with Crippen molar-refractivity contribution in [3.63, 3.8) is 0 Å². The molecule has 3 N–H and O–H groups in total. The van der Waals surface area contributed by atoms with Crippen molar-refractivity contribution in [1.82, 2.24) is 19.8 Å². The maximum Gasteiger partial charge on any atom is 0.416 e. The number of nitrogens with zero attached hydrogens (tertiary/aromatic N) is 2. The maximum atomic E-state index is 14.5. The van der Waals surface area contributed by atoms with Crippen molar-refractivity contribution in [2.45, 2.75) is 108 Å². The molecule has 0 aromatic heterocycles. The van der Waals surface area contributed by atoms with E-state index in [1.54, 1.807) is 39.0 Å². The van der Waals surface area contributed by atoms with E-state index in [1.807, 2.05) is 13.0 Å². The number of sulfonamides is 1. The molecule has 0 spiro atoms. The standard InChI is InChI=1S/C37H43ClF3N5O7S/c1-5-8-23-17-36(23,33(49)44-54(51,52)26-13-14-26)43-31(47)29-16-25(53-34(50)45-18-21-9-6-12-28(38)27(21)20-45)19-46(29)32(48)30(35(2,3)4)42-24-11-7-10-22(15-24)37(39,40)41/h6-12,15,25-26,29-30,42H,5,13-14,16-20H2,1-4H3,(H,43,47)(H,44,49)/b23-8-/t25-,29+,30-,36-/m1/s1.